The lowest BCUT2D eigenvalue weighted by Gasteiger charge is -2.48. The molecule has 0 radical (unpaired) electrons. The van der Waals surface area contributed by atoms with Gasteiger partial charge in [0.1, 0.15) is 41.3 Å². The number of aryl methyl sites for hydroxylation is 1. The van der Waals surface area contributed by atoms with Crippen molar-refractivity contribution in [3.8, 4) is 0 Å². The molecule has 78 heavy (non-hydrogen) atoms. The van der Waals surface area contributed by atoms with E-state index >= 15 is 8.78 Å². The van der Waals surface area contributed by atoms with Crippen LogP contribution in [0.3, 0.4) is 0 Å². The maximum atomic E-state index is 15.7. The summed E-state index contributed by atoms with van der Waals surface area (Å²) in [4.78, 5) is 92.1. The number of nitrogens with one attached hydrogen (secondary N) is 5. The van der Waals surface area contributed by atoms with Crippen LogP contribution >= 0.6 is 0 Å². The molecule has 22 heteroatoms. The predicted octanol–water partition coefficient (Wildman–Crippen LogP) is 6.09. The van der Waals surface area contributed by atoms with Crippen LogP contribution in [-0.4, -0.2) is 134 Å². The summed E-state index contributed by atoms with van der Waals surface area (Å²) in [7, 11) is 0. The molecule has 0 saturated carbocycles. The zero-order valence-corrected chi connectivity index (χ0v) is 45.0. The van der Waals surface area contributed by atoms with Crippen molar-refractivity contribution < 1.29 is 37.5 Å². The first-order valence-electron chi connectivity index (χ1n) is 27.9. The number of rotatable bonds is 24. The first kappa shape index (κ1) is 55.6. The zero-order valence-electron chi connectivity index (χ0n) is 45.0. The molecule has 5 N–H and O–H groups in total. The third kappa shape index (κ3) is 14.0. The van der Waals surface area contributed by atoms with Crippen molar-refractivity contribution in [3.63, 3.8) is 0 Å². The van der Waals surface area contributed by atoms with Gasteiger partial charge in [-0.15, -0.1) is 5.10 Å². The van der Waals surface area contributed by atoms with E-state index in [2.05, 4.69) is 70.5 Å². The molecule has 4 saturated heterocycles. The van der Waals surface area contributed by atoms with E-state index in [1.807, 2.05) is 12.3 Å². The number of nitrogens with zero attached hydrogens (tertiary/aromatic N) is 9. The minimum absolute atomic E-state index is 0.0324. The quantitative estimate of drug-likeness (QED) is 0.0395. The number of benzene rings is 2. The second-order valence-corrected chi connectivity index (χ2v) is 22.5. The van der Waals surface area contributed by atoms with Crippen LogP contribution in [0.2, 0.25) is 0 Å². The number of unbranched alkanes of at least 4 members (excludes halogenated alkanes) is 7. The average Bonchev–Trinajstić information content (AvgIpc) is 4.19. The molecule has 7 heterocycles. The summed E-state index contributed by atoms with van der Waals surface area (Å²) < 4.78 is 33.0. The van der Waals surface area contributed by atoms with Crippen molar-refractivity contribution in [1.29, 1.82) is 0 Å². The Balaban J connectivity index is 0.596. The van der Waals surface area contributed by atoms with Crippen LogP contribution in [0.25, 0.3) is 0 Å². The normalized spacial score (nSPS) is 19.3. The first-order chi connectivity index (χ1) is 37.6. The van der Waals surface area contributed by atoms with Crippen molar-refractivity contribution >= 4 is 58.5 Å². The number of piperazine rings is 1. The second-order valence-electron chi connectivity index (χ2n) is 22.5. The van der Waals surface area contributed by atoms with E-state index in [1.165, 1.54) is 18.5 Å². The standard InChI is InChI=1S/C56H74F2N14O6/c1-55(2)18-25-68(26-19-55)33-38-29-42(58)45(30-41(38)57)70-35-50(75)65-56(36-70)20-27-69(28-21-56)47-31-46(62-37-63-47)59-22-12-23-60-48(73)15-9-7-5-3-4-6-8-10-24-71-34-39(66-67-71)32-61-43-14-11-13-40-51(43)54(78)72(53(40)77)44-16-17-49(74)64-52(44)76/h11,13-14,29-31,34,37,44,61H,3-10,12,15-28,32-33,35-36H2,1-2H3,(H,60,73)(H,65,75)(H,59,62,63)(H,64,74,76). The molecule has 9 rings (SSSR count). The molecule has 2 aromatic heterocycles. The smallest absolute Gasteiger partial charge is 0.264 e. The van der Waals surface area contributed by atoms with Crippen LogP contribution in [0.5, 0.6) is 0 Å². The largest absolute Gasteiger partial charge is 0.379 e. The van der Waals surface area contributed by atoms with Gasteiger partial charge in [0.15, 0.2) is 0 Å². The Morgan fingerprint density at radius 1 is 0.795 bits per heavy atom. The maximum absolute atomic E-state index is 15.7. The second kappa shape index (κ2) is 25.1. The summed E-state index contributed by atoms with van der Waals surface area (Å²) in [5.41, 5.74) is 1.70. The lowest BCUT2D eigenvalue weighted by Crippen LogP contribution is -2.66. The summed E-state index contributed by atoms with van der Waals surface area (Å²) >= 11 is 0. The predicted molar refractivity (Wildman–Crippen MR) is 289 cm³/mol. The molecule has 1 atom stereocenters. The zero-order chi connectivity index (χ0) is 54.8. The monoisotopic (exact) mass is 1080 g/mol. The minimum Gasteiger partial charge on any atom is -0.379 e. The molecule has 5 aliphatic heterocycles. The first-order valence-corrected chi connectivity index (χ1v) is 27.9. The van der Waals surface area contributed by atoms with Crippen LogP contribution in [0.4, 0.5) is 31.8 Å². The van der Waals surface area contributed by atoms with E-state index in [-0.39, 0.29) is 60.0 Å². The summed E-state index contributed by atoms with van der Waals surface area (Å²) in [6.07, 6.45) is 16.4. The van der Waals surface area contributed by atoms with Crippen molar-refractivity contribution in [2.75, 3.05) is 72.8 Å². The Labute approximate surface area is 454 Å². The lowest BCUT2D eigenvalue weighted by atomic mass is 9.82. The minimum atomic E-state index is -1.03. The number of anilines is 4. The molecular formula is C56H74F2N14O6. The molecule has 4 aromatic rings. The van der Waals surface area contributed by atoms with Gasteiger partial charge in [0.25, 0.3) is 11.8 Å². The van der Waals surface area contributed by atoms with Gasteiger partial charge in [0.05, 0.1) is 41.6 Å². The van der Waals surface area contributed by atoms with Crippen molar-refractivity contribution in [2.45, 2.75) is 148 Å². The van der Waals surface area contributed by atoms with Gasteiger partial charge in [-0.05, 0) is 88.1 Å². The summed E-state index contributed by atoms with van der Waals surface area (Å²) in [5.74, 6) is -1.85. The highest BCUT2D eigenvalue weighted by atomic mass is 19.1. The van der Waals surface area contributed by atoms with Gasteiger partial charge in [-0.25, -0.2) is 18.7 Å². The Morgan fingerprint density at radius 3 is 2.32 bits per heavy atom. The third-order valence-electron chi connectivity index (χ3n) is 16.0. The topological polar surface area (TPSA) is 232 Å². The van der Waals surface area contributed by atoms with Gasteiger partial charge in [-0.2, -0.15) is 0 Å². The molecule has 20 nitrogen and oxygen atoms in total. The maximum Gasteiger partial charge on any atom is 0.264 e. The number of hydrogen-bond acceptors (Lipinski definition) is 15. The fraction of sp³-hybridized carbons (Fsp3) is 0.571. The molecule has 1 unspecified atom stereocenters. The molecule has 6 amide bonds. The molecule has 4 fully saturated rings. The van der Waals surface area contributed by atoms with Gasteiger partial charge in [-0.1, -0.05) is 63.7 Å². The van der Waals surface area contributed by atoms with E-state index in [0.29, 0.717) is 81.3 Å². The van der Waals surface area contributed by atoms with E-state index in [1.54, 1.807) is 27.8 Å². The number of amides is 6. The van der Waals surface area contributed by atoms with Crippen LogP contribution in [0.15, 0.2) is 48.9 Å². The fourth-order valence-corrected chi connectivity index (χ4v) is 11.3. The number of imide groups is 2. The molecule has 0 bridgehead atoms. The number of hydrogen-bond donors (Lipinski definition) is 5. The number of piperidine rings is 3. The van der Waals surface area contributed by atoms with E-state index < -0.39 is 46.8 Å². The number of likely N-dealkylation sites (tertiary alicyclic amines) is 1. The van der Waals surface area contributed by atoms with E-state index in [0.717, 1.165) is 101 Å². The Bertz CT molecular complexity index is 2830. The van der Waals surface area contributed by atoms with Gasteiger partial charge in [0.2, 0.25) is 23.6 Å². The average molecular weight is 1080 g/mol. The lowest BCUT2D eigenvalue weighted by molar-refractivity contribution is -0.136. The number of fused-ring (bicyclic) bond motifs is 1. The molecular weight excluding hydrogens is 1000 g/mol. The Hall–Kier alpha value is -7.10. The van der Waals surface area contributed by atoms with Crippen molar-refractivity contribution in [1.82, 2.24) is 50.7 Å². The fourth-order valence-electron chi connectivity index (χ4n) is 11.3. The highest BCUT2D eigenvalue weighted by molar-refractivity contribution is 6.25. The summed E-state index contributed by atoms with van der Waals surface area (Å²) in [5, 5.41) is 23.5. The van der Waals surface area contributed by atoms with Crippen LogP contribution in [-0.2, 0) is 38.8 Å². The molecule has 418 valence electrons. The van der Waals surface area contributed by atoms with Crippen molar-refractivity contribution in [3.05, 3.63) is 82.9 Å². The number of aromatic nitrogens is 5. The van der Waals surface area contributed by atoms with Crippen LogP contribution in [0, 0.1) is 17.0 Å². The number of halogens is 2. The van der Waals surface area contributed by atoms with Crippen molar-refractivity contribution in [2.24, 2.45) is 5.41 Å². The third-order valence-corrected chi connectivity index (χ3v) is 16.0. The molecule has 5 aliphatic rings. The van der Waals surface area contributed by atoms with Gasteiger partial charge < -0.3 is 31.1 Å². The van der Waals surface area contributed by atoms with Gasteiger partial charge >= 0.3 is 0 Å². The highest BCUT2D eigenvalue weighted by Crippen LogP contribution is 2.36. The van der Waals surface area contributed by atoms with Gasteiger partial charge in [0, 0.05) is 82.0 Å². The van der Waals surface area contributed by atoms with Crippen LogP contribution < -0.4 is 36.4 Å². The summed E-state index contributed by atoms with van der Waals surface area (Å²) in [6.45, 7) is 10.3. The summed E-state index contributed by atoms with van der Waals surface area (Å²) in [6, 6.07) is 8.39. The van der Waals surface area contributed by atoms with E-state index in [9.17, 15) is 28.8 Å². The van der Waals surface area contributed by atoms with E-state index in [4.69, 9.17) is 0 Å². The SMILES string of the molecule is CC1(C)CCN(Cc2cc(F)c(N3CC(=O)NC4(CCN(c5cc(NCCCNC(=O)CCCCCCCCCCn6cc(CNc7cccc8c7C(=O)N(C7CCC(=O)NC7=O)C8=O)nn6)ncn5)CC4)C3)cc2F)CC1. The molecule has 1 spiro atoms. The molecule has 2 aromatic carbocycles. The molecule has 0 aliphatic carbocycles. The number of carbonyl (C=O) groups is 6. The van der Waals surface area contributed by atoms with Gasteiger partial charge in [-0.3, -0.25) is 48.6 Å². The van der Waals surface area contributed by atoms with Crippen LogP contribution in [0.1, 0.15) is 149 Å². The Kier molecular flexibility index (Phi) is 17.9. The Morgan fingerprint density at radius 2 is 1.55 bits per heavy atom. The highest BCUT2D eigenvalue weighted by Gasteiger charge is 2.46. The number of carbonyl (C=O) groups excluding carboxylic acids is 6.